The number of rotatable bonds is 4. The van der Waals surface area contributed by atoms with Crippen LogP contribution in [0.25, 0.3) is 0 Å². The molecule has 2 aliphatic rings. The predicted octanol–water partition coefficient (Wildman–Crippen LogP) is 2.66. The van der Waals surface area contributed by atoms with Gasteiger partial charge in [0.2, 0.25) is 5.91 Å². The van der Waals surface area contributed by atoms with Crippen LogP contribution < -0.4 is 0 Å². The lowest BCUT2D eigenvalue weighted by Gasteiger charge is -2.37. The summed E-state index contributed by atoms with van der Waals surface area (Å²) in [6.07, 6.45) is -1.98. The number of piperazine rings is 1. The second-order valence-corrected chi connectivity index (χ2v) is 7.79. The van der Waals surface area contributed by atoms with Crippen LogP contribution in [0.2, 0.25) is 0 Å². The minimum absolute atomic E-state index is 0.0770. The Morgan fingerprint density at radius 1 is 1.00 bits per heavy atom. The first kappa shape index (κ1) is 21.3. The number of alkyl halides is 3. The van der Waals surface area contributed by atoms with Crippen molar-refractivity contribution in [3.8, 4) is 0 Å². The highest BCUT2D eigenvalue weighted by Gasteiger charge is 2.38. The topological polar surface area (TPSA) is 56.8 Å². The zero-order valence-corrected chi connectivity index (χ0v) is 16.9. The molecule has 2 amide bonds. The van der Waals surface area contributed by atoms with Crippen LogP contribution in [0.1, 0.15) is 28.0 Å². The molecule has 0 spiro atoms. The number of pyridine rings is 1. The minimum atomic E-state index is -4.43. The Morgan fingerprint density at radius 2 is 1.71 bits per heavy atom. The highest BCUT2D eigenvalue weighted by Crippen LogP contribution is 2.29. The van der Waals surface area contributed by atoms with Crippen molar-refractivity contribution in [1.29, 1.82) is 0 Å². The Bertz CT molecular complexity index is 926. The van der Waals surface area contributed by atoms with Crippen molar-refractivity contribution < 1.29 is 22.8 Å². The van der Waals surface area contributed by atoms with Gasteiger partial charge in [-0.05, 0) is 42.8 Å². The maximum Gasteiger partial charge on any atom is 0.416 e. The summed E-state index contributed by atoms with van der Waals surface area (Å²) >= 11 is 0. The average Bonchev–Trinajstić information content (AvgIpc) is 3.13. The maximum atomic E-state index is 12.8. The Kier molecular flexibility index (Phi) is 5.95. The lowest BCUT2D eigenvalue weighted by atomic mass is 10.1. The Hall–Kier alpha value is -2.94. The molecule has 164 valence electrons. The van der Waals surface area contributed by atoms with Gasteiger partial charge in [-0.15, -0.1) is 0 Å². The van der Waals surface area contributed by atoms with Crippen LogP contribution in [0.4, 0.5) is 13.2 Å². The van der Waals surface area contributed by atoms with E-state index in [0.29, 0.717) is 39.3 Å². The normalized spacial score (nSPS) is 20.4. The summed E-state index contributed by atoms with van der Waals surface area (Å²) in [4.78, 5) is 35.3. The fourth-order valence-corrected chi connectivity index (χ4v) is 4.13. The van der Waals surface area contributed by atoms with E-state index in [1.165, 1.54) is 12.1 Å². The Balaban J connectivity index is 1.31. The number of nitrogens with zero attached hydrogens (tertiary/aromatic N) is 4. The first-order valence-electron chi connectivity index (χ1n) is 10.2. The number of halogens is 3. The molecule has 6 nitrogen and oxygen atoms in total. The van der Waals surface area contributed by atoms with Crippen LogP contribution in [0.5, 0.6) is 0 Å². The van der Waals surface area contributed by atoms with Gasteiger partial charge in [0, 0.05) is 44.5 Å². The number of hydrogen-bond acceptors (Lipinski definition) is 4. The largest absolute Gasteiger partial charge is 0.416 e. The van der Waals surface area contributed by atoms with Gasteiger partial charge in [0.25, 0.3) is 5.91 Å². The van der Waals surface area contributed by atoms with Crippen molar-refractivity contribution >= 4 is 11.8 Å². The maximum absolute atomic E-state index is 12.8. The van der Waals surface area contributed by atoms with Gasteiger partial charge < -0.3 is 9.80 Å². The van der Waals surface area contributed by atoms with E-state index in [2.05, 4.69) is 9.88 Å². The van der Waals surface area contributed by atoms with E-state index in [-0.39, 0.29) is 23.4 Å². The third-order valence-electron chi connectivity index (χ3n) is 5.85. The molecule has 1 atom stereocenters. The monoisotopic (exact) mass is 432 g/mol. The number of carbonyl (C=O) groups excluding carboxylic acids is 2. The van der Waals surface area contributed by atoms with Crippen molar-refractivity contribution in [2.75, 3.05) is 32.7 Å². The number of aromatic nitrogens is 1. The van der Waals surface area contributed by atoms with Crippen molar-refractivity contribution in [3.63, 3.8) is 0 Å². The molecule has 1 aromatic carbocycles. The molecule has 3 heterocycles. The van der Waals surface area contributed by atoms with Crippen molar-refractivity contribution in [1.82, 2.24) is 19.7 Å². The van der Waals surface area contributed by atoms with E-state index in [1.54, 1.807) is 11.1 Å². The van der Waals surface area contributed by atoms with Crippen LogP contribution in [0.3, 0.4) is 0 Å². The second-order valence-electron chi connectivity index (χ2n) is 7.79. The summed E-state index contributed by atoms with van der Waals surface area (Å²) in [5, 5.41) is 0. The number of benzene rings is 1. The molecule has 2 saturated heterocycles. The van der Waals surface area contributed by atoms with Crippen LogP contribution in [-0.2, 0) is 17.5 Å². The van der Waals surface area contributed by atoms with E-state index in [0.717, 1.165) is 24.2 Å². The number of likely N-dealkylation sites (tertiary alicyclic amines) is 1. The molecule has 9 heteroatoms. The lowest BCUT2D eigenvalue weighted by Crippen LogP contribution is -2.53. The zero-order valence-electron chi connectivity index (χ0n) is 16.9. The molecule has 4 rings (SSSR count). The van der Waals surface area contributed by atoms with Crippen LogP contribution in [0, 0.1) is 0 Å². The zero-order chi connectivity index (χ0) is 22.0. The van der Waals surface area contributed by atoms with Crippen LogP contribution in [0.15, 0.2) is 48.7 Å². The SMILES string of the molecule is O=C(c1ccc(C(F)(F)F)cc1)N1CCN([C@H]2CCN(Cc3ccccn3)C2=O)CC1. The molecule has 2 aromatic rings. The first-order chi connectivity index (χ1) is 14.8. The van der Waals surface area contributed by atoms with Crippen molar-refractivity contribution in [2.45, 2.75) is 25.2 Å². The molecule has 0 unspecified atom stereocenters. The molecular formula is C22H23F3N4O2. The molecule has 0 N–H and O–H groups in total. The van der Waals surface area contributed by atoms with Gasteiger partial charge in [0.15, 0.2) is 0 Å². The number of hydrogen-bond donors (Lipinski definition) is 0. The van der Waals surface area contributed by atoms with Gasteiger partial charge in [0.05, 0.1) is 23.8 Å². The summed E-state index contributed by atoms with van der Waals surface area (Å²) in [7, 11) is 0. The quantitative estimate of drug-likeness (QED) is 0.746. The summed E-state index contributed by atoms with van der Waals surface area (Å²) < 4.78 is 38.1. The van der Waals surface area contributed by atoms with Crippen LogP contribution in [-0.4, -0.2) is 70.3 Å². The van der Waals surface area contributed by atoms with E-state index < -0.39 is 11.7 Å². The van der Waals surface area contributed by atoms with E-state index in [4.69, 9.17) is 0 Å². The van der Waals surface area contributed by atoms with Gasteiger partial charge in [0.1, 0.15) is 0 Å². The van der Waals surface area contributed by atoms with Gasteiger partial charge >= 0.3 is 6.18 Å². The summed E-state index contributed by atoms with van der Waals surface area (Å²) in [5.41, 5.74) is 0.312. The smallest absolute Gasteiger partial charge is 0.336 e. The molecule has 0 radical (unpaired) electrons. The first-order valence-corrected chi connectivity index (χ1v) is 10.2. The van der Waals surface area contributed by atoms with Gasteiger partial charge in [-0.3, -0.25) is 19.5 Å². The fourth-order valence-electron chi connectivity index (χ4n) is 4.13. The van der Waals surface area contributed by atoms with Gasteiger partial charge in [-0.25, -0.2) is 0 Å². The molecule has 1 aromatic heterocycles. The van der Waals surface area contributed by atoms with E-state index >= 15 is 0 Å². The second kappa shape index (κ2) is 8.66. The number of carbonyl (C=O) groups is 2. The molecule has 0 saturated carbocycles. The molecule has 31 heavy (non-hydrogen) atoms. The molecule has 2 fully saturated rings. The summed E-state index contributed by atoms with van der Waals surface area (Å²) in [5.74, 6) is -0.212. The highest BCUT2D eigenvalue weighted by molar-refractivity contribution is 5.94. The van der Waals surface area contributed by atoms with E-state index in [1.807, 2.05) is 23.1 Å². The molecular weight excluding hydrogens is 409 g/mol. The third-order valence-corrected chi connectivity index (χ3v) is 5.85. The molecule has 2 aliphatic heterocycles. The third kappa shape index (κ3) is 4.71. The molecule has 0 bridgehead atoms. The summed E-state index contributed by atoms with van der Waals surface area (Å²) in [6.45, 7) is 3.14. The van der Waals surface area contributed by atoms with Gasteiger partial charge in [-0.2, -0.15) is 13.2 Å². The molecule has 0 aliphatic carbocycles. The van der Waals surface area contributed by atoms with Crippen molar-refractivity contribution in [2.24, 2.45) is 0 Å². The Labute approximate surface area is 178 Å². The average molecular weight is 432 g/mol. The predicted molar refractivity (Wildman–Crippen MR) is 107 cm³/mol. The highest BCUT2D eigenvalue weighted by atomic mass is 19.4. The Morgan fingerprint density at radius 3 is 2.32 bits per heavy atom. The van der Waals surface area contributed by atoms with Gasteiger partial charge in [-0.1, -0.05) is 6.07 Å². The standard InChI is InChI=1S/C22H23F3N4O2/c23-22(24,25)17-6-4-16(5-7-17)20(30)28-13-11-27(12-14-28)19-8-10-29(21(19)31)15-18-3-1-2-9-26-18/h1-7,9,19H,8,10-15H2/t19-/m0/s1. The lowest BCUT2D eigenvalue weighted by molar-refractivity contribution is -0.137. The van der Waals surface area contributed by atoms with Crippen molar-refractivity contribution in [3.05, 3.63) is 65.5 Å². The van der Waals surface area contributed by atoms with E-state index in [9.17, 15) is 22.8 Å². The fraction of sp³-hybridized carbons (Fsp3) is 0.409. The summed E-state index contributed by atoms with van der Waals surface area (Å²) in [6, 6.07) is 9.71. The van der Waals surface area contributed by atoms with Crippen LogP contribution >= 0.6 is 0 Å². The minimum Gasteiger partial charge on any atom is -0.336 e. The number of amides is 2.